The minimum atomic E-state index is -0.703. The number of amides is 1. The molecule has 0 radical (unpaired) electrons. The van der Waals surface area contributed by atoms with Gasteiger partial charge in [0, 0.05) is 12.0 Å². The molecule has 24 heavy (non-hydrogen) atoms. The van der Waals surface area contributed by atoms with Gasteiger partial charge >= 0.3 is 5.97 Å². The van der Waals surface area contributed by atoms with E-state index in [9.17, 15) is 9.59 Å². The number of carbonyl (C=O) groups excluding carboxylic acids is 2. The number of aryl methyl sites for hydroxylation is 1. The lowest BCUT2D eigenvalue weighted by Crippen LogP contribution is -2.39. The van der Waals surface area contributed by atoms with Gasteiger partial charge in [-0.3, -0.25) is 9.80 Å². The Morgan fingerprint density at radius 3 is 2.71 bits per heavy atom. The number of primary amides is 1. The molecule has 0 unspecified atom stereocenters. The van der Waals surface area contributed by atoms with E-state index in [4.69, 9.17) is 14.9 Å². The summed E-state index contributed by atoms with van der Waals surface area (Å²) in [6.07, 6.45) is 1.65. The van der Waals surface area contributed by atoms with Crippen molar-refractivity contribution in [2.24, 2.45) is 10.8 Å². The number of benzene rings is 1. The second kappa shape index (κ2) is 6.57. The molecule has 0 fully saturated rings. The Morgan fingerprint density at radius 2 is 2.08 bits per heavy atom. The molecule has 1 aromatic carbocycles. The van der Waals surface area contributed by atoms with Crippen LogP contribution in [0.5, 0.6) is 0 Å². The van der Waals surface area contributed by atoms with E-state index in [0.29, 0.717) is 11.4 Å². The van der Waals surface area contributed by atoms with Crippen molar-refractivity contribution in [1.82, 2.24) is 0 Å². The minimum Gasteiger partial charge on any atom is -0.469 e. The van der Waals surface area contributed by atoms with Gasteiger partial charge in [0.25, 0.3) is 0 Å². The van der Waals surface area contributed by atoms with Gasteiger partial charge in [0.05, 0.1) is 12.0 Å². The third-order valence-corrected chi connectivity index (χ3v) is 3.82. The first kappa shape index (κ1) is 15.8. The predicted octanol–water partition coefficient (Wildman–Crippen LogP) is 1.75. The Hall–Kier alpha value is -3.09. The van der Waals surface area contributed by atoms with Crippen LogP contribution in [-0.2, 0) is 20.9 Å². The average Bonchev–Trinajstić information content (AvgIpc) is 3.20. The normalized spacial score (nSPS) is 16.8. The van der Waals surface area contributed by atoms with E-state index in [2.05, 4.69) is 5.10 Å². The predicted molar refractivity (Wildman–Crippen MR) is 87.2 cm³/mol. The van der Waals surface area contributed by atoms with Crippen LogP contribution in [0.25, 0.3) is 0 Å². The molecule has 7 heteroatoms. The van der Waals surface area contributed by atoms with Crippen molar-refractivity contribution < 1.29 is 18.7 Å². The first-order valence-electron chi connectivity index (χ1n) is 7.47. The quantitative estimate of drug-likeness (QED) is 0.844. The van der Waals surface area contributed by atoms with Gasteiger partial charge in [-0.25, -0.2) is 4.79 Å². The molecular formula is C17H17N3O4. The Labute approximate surface area is 138 Å². The van der Waals surface area contributed by atoms with Crippen LogP contribution in [0.1, 0.15) is 17.7 Å². The zero-order valence-electron chi connectivity index (χ0n) is 13.1. The highest BCUT2D eigenvalue weighted by Crippen LogP contribution is 2.24. The van der Waals surface area contributed by atoms with Crippen LogP contribution >= 0.6 is 0 Å². The van der Waals surface area contributed by atoms with Crippen molar-refractivity contribution >= 4 is 23.3 Å². The van der Waals surface area contributed by atoms with Gasteiger partial charge in [0.15, 0.2) is 0 Å². The SMILES string of the molecule is Cc1occc1COC(=O)C1=NN(c2ccccc2)[C@H](C(N)=O)C1. The van der Waals surface area contributed by atoms with Crippen molar-refractivity contribution in [3.8, 4) is 0 Å². The summed E-state index contributed by atoms with van der Waals surface area (Å²) >= 11 is 0. The van der Waals surface area contributed by atoms with Crippen LogP contribution in [0.3, 0.4) is 0 Å². The van der Waals surface area contributed by atoms with Crippen LogP contribution in [0.2, 0.25) is 0 Å². The Kier molecular flexibility index (Phi) is 4.33. The van der Waals surface area contributed by atoms with Gasteiger partial charge in [0.2, 0.25) is 5.91 Å². The van der Waals surface area contributed by atoms with Crippen molar-refractivity contribution in [2.75, 3.05) is 5.01 Å². The van der Waals surface area contributed by atoms with Crippen molar-refractivity contribution in [2.45, 2.75) is 26.0 Å². The third-order valence-electron chi connectivity index (χ3n) is 3.82. The second-order valence-corrected chi connectivity index (χ2v) is 5.43. The lowest BCUT2D eigenvalue weighted by atomic mass is 10.1. The maximum Gasteiger partial charge on any atom is 0.354 e. The van der Waals surface area contributed by atoms with Crippen molar-refractivity contribution in [3.05, 3.63) is 54.0 Å². The Morgan fingerprint density at radius 1 is 1.33 bits per heavy atom. The molecule has 1 aromatic heterocycles. The van der Waals surface area contributed by atoms with Crippen molar-refractivity contribution in [3.63, 3.8) is 0 Å². The molecule has 0 bridgehead atoms. The van der Waals surface area contributed by atoms with Crippen LogP contribution < -0.4 is 10.7 Å². The summed E-state index contributed by atoms with van der Waals surface area (Å²) in [7, 11) is 0. The second-order valence-electron chi connectivity index (χ2n) is 5.43. The summed E-state index contributed by atoms with van der Waals surface area (Å²) in [5, 5.41) is 5.69. The molecule has 0 saturated heterocycles. The topological polar surface area (TPSA) is 98.1 Å². The highest BCUT2D eigenvalue weighted by Gasteiger charge is 2.35. The molecule has 1 aliphatic heterocycles. The number of para-hydroxylation sites is 1. The van der Waals surface area contributed by atoms with E-state index in [1.807, 2.05) is 18.2 Å². The highest BCUT2D eigenvalue weighted by atomic mass is 16.5. The van der Waals surface area contributed by atoms with Gasteiger partial charge in [-0.15, -0.1) is 0 Å². The van der Waals surface area contributed by atoms with Crippen molar-refractivity contribution in [1.29, 1.82) is 0 Å². The lowest BCUT2D eigenvalue weighted by Gasteiger charge is -2.20. The number of hydrogen-bond donors (Lipinski definition) is 1. The van der Waals surface area contributed by atoms with E-state index < -0.39 is 17.9 Å². The summed E-state index contributed by atoms with van der Waals surface area (Å²) < 4.78 is 10.4. The molecule has 2 aromatic rings. The minimum absolute atomic E-state index is 0.0900. The monoisotopic (exact) mass is 327 g/mol. The van der Waals surface area contributed by atoms with Crippen LogP contribution in [-0.4, -0.2) is 23.6 Å². The summed E-state index contributed by atoms with van der Waals surface area (Å²) in [5.41, 5.74) is 7.09. The molecule has 0 aliphatic carbocycles. The fourth-order valence-corrected chi connectivity index (χ4v) is 2.46. The number of hydrogen-bond acceptors (Lipinski definition) is 6. The van der Waals surface area contributed by atoms with Gasteiger partial charge in [-0.05, 0) is 25.1 Å². The fourth-order valence-electron chi connectivity index (χ4n) is 2.46. The van der Waals surface area contributed by atoms with E-state index in [0.717, 1.165) is 5.56 Å². The Bertz CT molecular complexity index is 782. The van der Waals surface area contributed by atoms with Gasteiger partial charge in [-0.2, -0.15) is 5.10 Å². The molecule has 2 heterocycles. The number of furan rings is 1. The smallest absolute Gasteiger partial charge is 0.354 e. The van der Waals surface area contributed by atoms with E-state index >= 15 is 0 Å². The number of ether oxygens (including phenoxy) is 1. The molecule has 1 amide bonds. The first-order valence-corrected chi connectivity index (χ1v) is 7.47. The van der Waals surface area contributed by atoms with Gasteiger partial charge in [0.1, 0.15) is 24.1 Å². The maximum atomic E-state index is 12.2. The van der Waals surface area contributed by atoms with Gasteiger partial charge in [-0.1, -0.05) is 18.2 Å². The number of esters is 1. The van der Waals surface area contributed by atoms with Crippen LogP contribution in [0.4, 0.5) is 5.69 Å². The number of rotatable bonds is 5. The number of hydrazone groups is 1. The molecule has 3 rings (SSSR count). The molecule has 1 atom stereocenters. The summed E-state index contributed by atoms with van der Waals surface area (Å²) in [6.45, 7) is 1.88. The largest absolute Gasteiger partial charge is 0.469 e. The molecule has 0 saturated carbocycles. The Balaban J connectivity index is 1.74. The third kappa shape index (κ3) is 3.15. The maximum absolute atomic E-state index is 12.2. The standard InChI is InChI=1S/C17H17N3O4/c1-11-12(7-8-23-11)10-24-17(22)14-9-15(16(18)21)20(19-14)13-5-3-2-4-6-13/h2-8,15H,9-10H2,1H3,(H2,18,21)/t15-/m0/s1. The van der Waals surface area contributed by atoms with Gasteiger partial charge < -0.3 is 14.9 Å². The summed E-state index contributed by atoms with van der Waals surface area (Å²) in [6, 6.07) is 10.1. The number of nitrogens with zero attached hydrogens (tertiary/aromatic N) is 2. The molecule has 2 N–H and O–H groups in total. The zero-order chi connectivity index (χ0) is 17.1. The van der Waals surface area contributed by atoms with Crippen LogP contribution in [0, 0.1) is 6.92 Å². The fraction of sp³-hybridized carbons (Fsp3) is 0.235. The molecule has 1 aliphatic rings. The molecule has 124 valence electrons. The summed E-state index contributed by atoms with van der Waals surface area (Å²) in [4.78, 5) is 23.9. The van der Waals surface area contributed by atoms with E-state index in [1.165, 1.54) is 11.3 Å². The lowest BCUT2D eigenvalue weighted by molar-refractivity contribution is -0.136. The molecule has 7 nitrogen and oxygen atoms in total. The van der Waals surface area contributed by atoms with Crippen LogP contribution in [0.15, 0.2) is 52.2 Å². The number of nitrogens with two attached hydrogens (primary N) is 1. The van der Waals surface area contributed by atoms with E-state index in [1.54, 1.807) is 25.1 Å². The molecular weight excluding hydrogens is 310 g/mol. The summed E-state index contributed by atoms with van der Waals surface area (Å²) in [5.74, 6) is -0.423. The van der Waals surface area contributed by atoms with E-state index in [-0.39, 0.29) is 18.7 Å². The number of carbonyl (C=O) groups is 2. The highest BCUT2D eigenvalue weighted by molar-refractivity contribution is 6.38. The first-order chi connectivity index (χ1) is 11.6. The molecule has 0 spiro atoms. The zero-order valence-corrected chi connectivity index (χ0v) is 13.1. The number of anilines is 1. The average molecular weight is 327 g/mol.